The molecule has 1 aliphatic heterocycles. The van der Waals surface area contributed by atoms with Crippen LogP contribution >= 0.6 is 0 Å². The van der Waals surface area contributed by atoms with Gasteiger partial charge in [0.05, 0.1) is 12.0 Å². The first kappa shape index (κ1) is 26.2. The highest BCUT2D eigenvalue weighted by Gasteiger charge is 2.42. The molecule has 1 heterocycles. The van der Waals surface area contributed by atoms with Gasteiger partial charge in [0.2, 0.25) is 15.9 Å². The second kappa shape index (κ2) is 10.9. The first-order chi connectivity index (χ1) is 16.6. The van der Waals surface area contributed by atoms with Gasteiger partial charge in [-0.05, 0) is 43.3 Å². The lowest BCUT2D eigenvalue weighted by Gasteiger charge is -2.39. The van der Waals surface area contributed by atoms with E-state index >= 15 is 0 Å². The maximum absolute atomic E-state index is 13.4. The summed E-state index contributed by atoms with van der Waals surface area (Å²) < 4.78 is 32.5. The van der Waals surface area contributed by atoms with Crippen LogP contribution in [0.25, 0.3) is 0 Å². The molecule has 2 aromatic carbocycles. The zero-order valence-electron chi connectivity index (χ0n) is 20.2. The number of nitrogens with one attached hydrogen (secondary N) is 1. The molecule has 10 nitrogen and oxygen atoms in total. The lowest BCUT2D eigenvalue weighted by atomic mass is 10.1. The topological polar surface area (TPSA) is 116 Å². The van der Waals surface area contributed by atoms with Crippen molar-refractivity contribution in [3.05, 3.63) is 60.2 Å². The summed E-state index contributed by atoms with van der Waals surface area (Å²) in [4.78, 5) is 41.6. The quantitative estimate of drug-likeness (QED) is 0.560. The minimum Gasteiger partial charge on any atom is -0.467 e. The summed E-state index contributed by atoms with van der Waals surface area (Å²) in [5, 5.41) is 2.51. The third kappa shape index (κ3) is 5.80. The number of rotatable bonds is 7. The number of carbonyl (C=O) groups excluding carboxylic acids is 3. The van der Waals surface area contributed by atoms with Gasteiger partial charge in [-0.25, -0.2) is 13.2 Å². The van der Waals surface area contributed by atoms with E-state index in [2.05, 4.69) is 10.1 Å². The molecule has 2 aromatic rings. The van der Waals surface area contributed by atoms with Gasteiger partial charge >= 0.3 is 5.97 Å². The van der Waals surface area contributed by atoms with E-state index in [1.165, 1.54) is 31.1 Å². The van der Waals surface area contributed by atoms with Crippen molar-refractivity contribution in [1.82, 2.24) is 14.5 Å². The summed E-state index contributed by atoms with van der Waals surface area (Å²) in [6.45, 7) is 1.30. The summed E-state index contributed by atoms with van der Waals surface area (Å²) >= 11 is 0. The number of methoxy groups -OCH3 is 1. The van der Waals surface area contributed by atoms with Gasteiger partial charge in [-0.2, -0.15) is 4.31 Å². The van der Waals surface area contributed by atoms with Crippen molar-refractivity contribution in [2.75, 3.05) is 45.7 Å². The molecule has 0 bridgehead atoms. The number of carbonyl (C=O) groups is 3. The van der Waals surface area contributed by atoms with Crippen molar-refractivity contribution in [3.8, 4) is 0 Å². The number of esters is 1. The molecule has 3 rings (SSSR count). The molecule has 2 atom stereocenters. The lowest BCUT2D eigenvalue weighted by molar-refractivity contribution is -0.145. The average Bonchev–Trinajstić information content (AvgIpc) is 2.87. The summed E-state index contributed by atoms with van der Waals surface area (Å²) in [6, 6.07) is 12.6. The molecule has 0 saturated carbocycles. The number of hydrogen-bond acceptors (Lipinski definition) is 7. The van der Waals surface area contributed by atoms with Crippen LogP contribution in [0.3, 0.4) is 0 Å². The van der Waals surface area contributed by atoms with Gasteiger partial charge in [0.25, 0.3) is 5.91 Å². The summed E-state index contributed by atoms with van der Waals surface area (Å²) in [5.41, 5.74) is 1.35. The largest absolute Gasteiger partial charge is 0.467 e. The van der Waals surface area contributed by atoms with Gasteiger partial charge in [0.15, 0.2) is 0 Å². The summed E-state index contributed by atoms with van der Waals surface area (Å²) in [6.07, 6.45) is 0. The van der Waals surface area contributed by atoms with Gasteiger partial charge in [-0.1, -0.05) is 18.2 Å². The lowest BCUT2D eigenvalue weighted by Crippen LogP contribution is -2.62. The van der Waals surface area contributed by atoms with E-state index in [0.29, 0.717) is 5.56 Å². The van der Waals surface area contributed by atoms with Crippen LogP contribution in [0, 0.1) is 0 Å². The fourth-order valence-corrected chi connectivity index (χ4v) is 5.40. The number of ether oxygens (including phenoxy) is 1. The molecule has 188 valence electrons. The second-order valence-electron chi connectivity index (χ2n) is 8.39. The minimum atomic E-state index is -4.03. The number of amides is 2. The fraction of sp³-hybridized carbons (Fsp3) is 0.375. The fourth-order valence-electron chi connectivity index (χ4n) is 3.81. The van der Waals surface area contributed by atoms with E-state index < -0.39 is 34.0 Å². The minimum absolute atomic E-state index is 0.0397. The first-order valence-electron chi connectivity index (χ1n) is 11.1. The number of anilines is 1. The van der Waals surface area contributed by atoms with Gasteiger partial charge in [0, 0.05) is 45.0 Å². The van der Waals surface area contributed by atoms with Crippen LogP contribution in [0.1, 0.15) is 17.3 Å². The highest BCUT2D eigenvalue weighted by atomic mass is 32.2. The van der Waals surface area contributed by atoms with Crippen LogP contribution in [0.4, 0.5) is 5.69 Å². The molecule has 1 aliphatic rings. The number of nitrogens with zero attached hydrogens (tertiary/aromatic N) is 3. The van der Waals surface area contributed by atoms with Crippen LogP contribution in [0.2, 0.25) is 0 Å². The molecule has 1 fully saturated rings. The van der Waals surface area contributed by atoms with E-state index in [1.54, 1.807) is 30.3 Å². The Labute approximate surface area is 205 Å². The Morgan fingerprint density at radius 3 is 2.23 bits per heavy atom. The summed E-state index contributed by atoms with van der Waals surface area (Å²) in [7, 11) is 0.942. The number of hydrogen-bond donors (Lipinski definition) is 1. The first-order valence-corrected chi connectivity index (χ1v) is 12.5. The predicted octanol–water partition coefficient (Wildman–Crippen LogP) is 0.946. The Morgan fingerprint density at radius 2 is 1.66 bits per heavy atom. The molecule has 35 heavy (non-hydrogen) atoms. The SMILES string of the molecule is COC(=O)C(C)NC(=O)C1CN(C(=O)c2ccc(N(C)C)cc2)CCN1S(=O)(=O)c1ccccc1. The van der Waals surface area contributed by atoms with Crippen molar-refractivity contribution < 1.29 is 27.5 Å². The van der Waals surface area contributed by atoms with Crippen LogP contribution in [-0.4, -0.2) is 88.3 Å². The monoisotopic (exact) mass is 502 g/mol. The van der Waals surface area contributed by atoms with Crippen LogP contribution in [-0.2, 0) is 24.3 Å². The molecule has 1 N–H and O–H groups in total. The maximum atomic E-state index is 13.4. The highest BCUT2D eigenvalue weighted by molar-refractivity contribution is 7.89. The Hall–Kier alpha value is -3.44. The van der Waals surface area contributed by atoms with E-state index in [-0.39, 0.29) is 30.4 Å². The Kier molecular flexibility index (Phi) is 8.13. The number of sulfonamides is 1. The van der Waals surface area contributed by atoms with Gasteiger partial charge < -0.3 is 19.9 Å². The molecule has 0 aromatic heterocycles. The summed E-state index contributed by atoms with van der Waals surface area (Å²) in [5.74, 6) is -1.67. The molecular weight excluding hydrogens is 472 g/mol. The van der Waals surface area contributed by atoms with Crippen molar-refractivity contribution in [1.29, 1.82) is 0 Å². The smallest absolute Gasteiger partial charge is 0.328 e. The van der Waals surface area contributed by atoms with E-state index in [9.17, 15) is 22.8 Å². The maximum Gasteiger partial charge on any atom is 0.328 e. The van der Waals surface area contributed by atoms with E-state index in [1.807, 2.05) is 31.1 Å². The third-order valence-electron chi connectivity index (χ3n) is 5.82. The average molecular weight is 503 g/mol. The van der Waals surface area contributed by atoms with Crippen LogP contribution < -0.4 is 10.2 Å². The highest BCUT2D eigenvalue weighted by Crippen LogP contribution is 2.23. The number of piperazine rings is 1. The molecule has 11 heteroatoms. The Morgan fingerprint density at radius 1 is 1.03 bits per heavy atom. The molecule has 2 unspecified atom stereocenters. The van der Waals surface area contributed by atoms with Crippen molar-refractivity contribution in [3.63, 3.8) is 0 Å². The standard InChI is InChI=1S/C24H30N4O6S/c1-17(24(31)34-4)25-22(29)21-16-27(23(30)18-10-12-19(13-11-18)26(2)3)14-15-28(21)35(32,33)20-8-6-5-7-9-20/h5-13,17,21H,14-16H2,1-4H3,(H,25,29). The van der Waals surface area contributed by atoms with Gasteiger partial charge in [0.1, 0.15) is 12.1 Å². The second-order valence-corrected chi connectivity index (χ2v) is 10.3. The molecule has 2 amide bonds. The third-order valence-corrected chi connectivity index (χ3v) is 7.74. The van der Waals surface area contributed by atoms with Crippen LogP contribution in [0.5, 0.6) is 0 Å². The van der Waals surface area contributed by atoms with Crippen molar-refractivity contribution in [2.45, 2.75) is 23.9 Å². The molecular formula is C24H30N4O6S. The molecule has 0 spiro atoms. The van der Waals surface area contributed by atoms with E-state index in [4.69, 9.17) is 0 Å². The van der Waals surface area contributed by atoms with E-state index in [0.717, 1.165) is 9.99 Å². The Bertz CT molecular complexity index is 1170. The molecule has 0 aliphatic carbocycles. The van der Waals surface area contributed by atoms with Crippen LogP contribution in [0.15, 0.2) is 59.5 Å². The normalized spacial score (nSPS) is 17.4. The van der Waals surface area contributed by atoms with Gasteiger partial charge in [-0.3, -0.25) is 9.59 Å². The Balaban J connectivity index is 1.89. The molecule has 1 saturated heterocycles. The zero-order valence-corrected chi connectivity index (χ0v) is 21.0. The van der Waals surface area contributed by atoms with Crippen molar-refractivity contribution in [2.24, 2.45) is 0 Å². The molecule has 0 radical (unpaired) electrons. The zero-order chi connectivity index (χ0) is 25.8. The van der Waals surface area contributed by atoms with Gasteiger partial charge in [-0.15, -0.1) is 0 Å². The van der Waals surface area contributed by atoms with Crippen molar-refractivity contribution >= 4 is 33.5 Å². The number of benzene rings is 2. The predicted molar refractivity (Wildman–Crippen MR) is 130 cm³/mol.